The van der Waals surface area contributed by atoms with Gasteiger partial charge in [-0.3, -0.25) is 4.79 Å². The van der Waals surface area contributed by atoms with E-state index >= 15 is 0 Å². The van der Waals surface area contributed by atoms with Crippen molar-refractivity contribution in [2.45, 2.75) is 29.5 Å². The van der Waals surface area contributed by atoms with Crippen LogP contribution in [0, 0.1) is 5.92 Å². The van der Waals surface area contributed by atoms with Crippen LogP contribution in [0.1, 0.15) is 18.4 Å². The summed E-state index contributed by atoms with van der Waals surface area (Å²) in [5.41, 5.74) is 0.917. The van der Waals surface area contributed by atoms with Gasteiger partial charge in [0.15, 0.2) is 0 Å². The van der Waals surface area contributed by atoms with Gasteiger partial charge in [-0.2, -0.15) is 4.31 Å². The Kier molecular flexibility index (Phi) is 7.05. The van der Waals surface area contributed by atoms with E-state index in [0.717, 1.165) is 5.56 Å². The summed E-state index contributed by atoms with van der Waals surface area (Å²) < 4.78 is 31.8. The van der Waals surface area contributed by atoms with Crippen molar-refractivity contribution < 1.29 is 22.7 Å². The third kappa shape index (κ3) is 5.23. The minimum atomic E-state index is -3.50. The number of thiophene rings is 1. The molecule has 3 rings (SSSR count). The Hall–Kier alpha value is -2.23. The number of carbonyl (C=O) groups is 2. The summed E-state index contributed by atoms with van der Waals surface area (Å²) in [5, 5.41) is 4.52. The van der Waals surface area contributed by atoms with Crippen LogP contribution in [0.2, 0.25) is 0 Å². The Labute approximate surface area is 174 Å². The lowest BCUT2D eigenvalue weighted by Gasteiger charge is -2.30. The van der Waals surface area contributed by atoms with Gasteiger partial charge in [-0.1, -0.05) is 36.4 Å². The first kappa shape index (κ1) is 21.5. The molecule has 2 aromatic rings. The Morgan fingerprint density at radius 3 is 2.45 bits per heavy atom. The van der Waals surface area contributed by atoms with Crippen LogP contribution >= 0.6 is 11.3 Å². The van der Waals surface area contributed by atoms with Gasteiger partial charge in [0.1, 0.15) is 10.3 Å². The zero-order valence-electron chi connectivity index (χ0n) is 16.1. The van der Waals surface area contributed by atoms with Crippen LogP contribution in [0.25, 0.3) is 0 Å². The Morgan fingerprint density at radius 2 is 1.86 bits per heavy atom. The summed E-state index contributed by atoms with van der Waals surface area (Å²) >= 11 is 1.19. The fourth-order valence-electron chi connectivity index (χ4n) is 3.37. The molecule has 0 saturated carbocycles. The monoisotopic (exact) mass is 436 g/mol. The van der Waals surface area contributed by atoms with E-state index in [1.165, 1.54) is 22.8 Å². The molecule has 7 nitrogen and oxygen atoms in total. The molecule has 1 atom stereocenters. The van der Waals surface area contributed by atoms with Crippen LogP contribution in [0.4, 0.5) is 0 Å². The molecule has 1 saturated heterocycles. The fraction of sp³-hybridized carbons (Fsp3) is 0.400. The number of carbonyl (C=O) groups excluding carboxylic acids is 2. The summed E-state index contributed by atoms with van der Waals surface area (Å²) in [6.45, 7) is 0.555. The lowest BCUT2D eigenvalue weighted by atomic mass is 9.96. The normalized spacial score (nSPS) is 16.9. The number of esters is 1. The molecule has 156 valence electrons. The smallest absolute Gasteiger partial charge is 0.328 e. The van der Waals surface area contributed by atoms with Gasteiger partial charge < -0.3 is 10.1 Å². The number of nitrogens with zero attached hydrogens (tertiary/aromatic N) is 1. The Balaban J connectivity index is 1.59. The van der Waals surface area contributed by atoms with Gasteiger partial charge in [0, 0.05) is 25.4 Å². The first-order chi connectivity index (χ1) is 13.9. The number of methoxy groups -OCH3 is 1. The predicted molar refractivity (Wildman–Crippen MR) is 110 cm³/mol. The molecule has 0 aliphatic carbocycles. The quantitative estimate of drug-likeness (QED) is 0.671. The average Bonchev–Trinajstić information content (AvgIpc) is 3.29. The number of piperidine rings is 1. The number of rotatable bonds is 7. The lowest BCUT2D eigenvalue weighted by Crippen LogP contribution is -2.48. The van der Waals surface area contributed by atoms with Gasteiger partial charge in [-0.25, -0.2) is 13.2 Å². The van der Waals surface area contributed by atoms with E-state index in [1.54, 1.807) is 17.5 Å². The number of benzene rings is 1. The van der Waals surface area contributed by atoms with E-state index in [0.29, 0.717) is 23.5 Å². The molecule has 1 aliphatic rings. The van der Waals surface area contributed by atoms with Gasteiger partial charge >= 0.3 is 5.97 Å². The predicted octanol–water partition coefficient (Wildman–Crippen LogP) is 2.05. The van der Waals surface area contributed by atoms with E-state index in [2.05, 4.69) is 5.32 Å². The van der Waals surface area contributed by atoms with E-state index in [-0.39, 0.29) is 24.9 Å². The minimum absolute atomic E-state index is 0.246. The molecule has 1 unspecified atom stereocenters. The maximum atomic E-state index is 12.7. The van der Waals surface area contributed by atoms with Crippen LogP contribution < -0.4 is 5.32 Å². The SMILES string of the molecule is COC(=O)C(Cc1ccccc1)NC(=O)C1CCN(S(=O)(=O)c2cccs2)CC1. The summed E-state index contributed by atoms with van der Waals surface area (Å²) in [6, 6.07) is 11.9. The number of sulfonamides is 1. The highest BCUT2D eigenvalue weighted by Crippen LogP contribution is 2.26. The average molecular weight is 437 g/mol. The van der Waals surface area contributed by atoms with Crippen molar-refractivity contribution in [3.63, 3.8) is 0 Å². The summed E-state index contributed by atoms with van der Waals surface area (Å²) in [4.78, 5) is 24.8. The van der Waals surface area contributed by atoms with Crippen molar-refractivity contribution in [2.75, 3.05) is 20.2 Å². The van der Waals surface area contributed by atoms with Crippen molar-refractivity contribution in [1.29, 1.82) is 0 Å². The van der Waals surface area contributed by atoms with Crippen molar-refractivity contribution >= 4 is 33.2 Å². The van der Waals surface area contributed by atoms with E-state index in [9.17, 15) is 18.0 Å². The highest BCUT2D eigenvalue weighted by Gasteiger charge is 2.34. The molecule has 1 amide bonds. The molecular weight excluding hydrogens is 412 g/mol. The number of amides is 1. The summed E-state index contributed by atoms with van der Waals surface area (Å²) in [7, 11) is -2.21. The first-order valence-electron chi connectivity index (χ1n) is 9.37. The standard InChI is InChI=1S/C20H24N2O5S2/c1-27-20(24)17(14-15-6-3-2-4-7-15)21-19(23)16-9-11-22(12-10-16)29(25,26)18-8-5-13-28-18/h2-8,13,16-17H,9-12,14H2,1H3,(H,21,23). The number of hydrogen-bond acceptors (Lipinski definition) is 6. The fourth-order valence-corrected chi connectivity index (χ4v) is 5.99. The number of ether oxygens (including phenoxy) is 1. The second-order valence-corrected chi connectivity index (χ2v) is 10.00. The van der Waals surface area contributed by atoms with Crippen molar-refractivity contribution in [3.8, 4) is 0 Å². The third-order valence-electron chi connectivity index (χ3n) is 5.00. The zero-order chi connectivity index (χ0) is 20.9. The van der Waals surface area contributed by atoms with Gasteiger partial charge in [0.05, 0.1) is 7.11 Å². The number of hydrogen-bond donors (Lipinski definition) is 1. The Morgan fingerprint density at radius 1 is 1.17 bits per heavy atom. The highest BCUT2D eigenvalue weighted by atomic mass is 32.2. The zero-order valence-corrected chi connectivity index (χ0v) is 17.7. The molecule has 1 aliphatic heterocycles. The molecule has 0 bridgehead atoms. The van der Waals surface area contributed by atoms with Crippen LogP contribution in [0.5, 0.6) is 0 Å². The van der Waals surface area contributed by atoms with E-state index in [1.807, 2.05) is 30.3 Å². The molecule has 1 N–H and O–H groups in total. The van der Waals surface area contributed by atoms with E-state index in [4.69, 9.17) is 4.74 Å². The van der Waals surface area contributed by atoms with Crippen LogP contribution in [-0.2, 0) is 30.8 Å². The molecule has 2 heterocycles. The minimum Gasteiger partial charge on any atom is -0.467 e. The second-order valence-electron chi connectivity index (χ2n) is 6.88. The molecule has 1 aromatic heterocycles. The number of nitrogens with one attached hydrogen (secondary N) is 1. The van der Waals surface area contributed by atoms with Gasteiger partial charge in [-0.15, -0.1) is 11.3 Å². The van der Waals surface area contributed by atoms with Crippen LogP contribution in [0.15, 0.2) is 52.1 Å². The molecule has 0 radical (unpaired) electrons. The lowest BCUT2D eigenvalue weighted by molar-refractivity contribution is -0.145. The van der Waals surface area contributed by atoms with Gasteiger partial charge in [0.2, 0.25) is 5.91 Å². The van der Waals surface area contributed by atoms with Gasteiger partial charge in [0.25, 0.3) is 10.0 Å². The molecule has 0 spiro atoms. The van der Waals surface area contributed by atoms with Crippen LogP contribution in [-0.4, -0.2) is 50.8 Å². The molecule has 29 heavy (non-hydrogen) atoms. The highest BCUT2D eigenvalue weighted by molar-refractivity contribution is 7.91. The maximum absolute atomic E-state index is 12.7. The summed E-state index contributed by atoms with van der Waals surface area (Å²) in [6.07, 6.45) is 1.16. The Bertz CT molecular complexity index is 921. The first-order valence-corrected chi connectivity index (χ1v) is 11.7. The summed E-state index contributed by atoms with van der Waals surface area (Å²) in [5.74, 6) is -1.09. The van der Waals surface area contributed by atoms with Gasteiger partial charge in [-0.05, 0) is 29.9 Å². The van der Waals surface area contributed by atoms with Crippen molar-refractivity contribution in [3.05, 3.63) is 53.4 Å². The molecule has 1 fully saturated rings. The second kappa shape index (κ2) is 9.51. The maximum Gasteiger partial charge on any atom is 0.328 e. The van der Waals surface area contributed by atoms with Crippen molar-refractivity contribution in [1.82, 2.24) is 9.62 Å². The topological polar surface area (TPSA) is 92.8 Å². The molecular formula is C20H24N2O5S2. The molecule has 1 aromatic carbocycles. The largest absolute Gasteiger partial charge is 0.467 e. The van der Waals surface area contributed by atoms with E-state index < -0.39 is 22.0 Å². The third-order valence-corrected chi connectivity index (χ3v) is 8.27. The van der Waals surface area contributed by atoms with Crippen LogP contribution in [0.3, 0.4) is 0 Å². The molecule has 9 heteroatoms. The van der Waals surface area contributed by atoms with Crippen molar-refractivity contribution in [2.24, 2.45) is 5.92 Å².